The zero-order chi connectivity index (χ0) is 27.7. The Labute approximate surface area is 224 Å². The van der Waals surface area contributed by atoms with Gasteiger partial charge in [-0.15, -0.1) is 0 Å². The maximum absolute atomic E-state index is 13.9. The summed E-state index contributed by atoms with van der Waals surface area (Å²) in [5.74, 6) is -0.917. The Balaban J connectivity index is 1.92. The second kappa shape index (κ2) is 13.0. The highest BCUT2D eigenvalue weighted by Crippen LogP contribution is 2.25. The summed E-state index contributed by atoms with van der Waals surface area (Å²) in [6.07, 6.45) is 10.1. The molecular formula is C30H37N3O5. The molecule has 0 spiro atoms. The van der Waals surface area contributed by atoms with E-state index in [0.29, 0.717) is 11.1 Å². The fraction of sp³-hybridized carbons (Fsp3) is 0.433. The van der Waals surface area contributed by atoms with Crippen molar-refractivity contribution in [3.63, 3.8) is 0 Å². The van der Waals surface area contributed by atoms with Gasteiger partial charge in [-0.25, -0.2) is 4.79 Å². The number of phenolic OH excluding ortho intramolecular Hbond substituents is 1. The van der Waals surface area contributed by atoms with Gasteiger partial charge in [0.05, 0.1) is 0 Å². The minimum Gasteiger partial charge on any atom is -0.508 e. The van der Waals surface area contributed by atoms with Gasteiger partial charge in [-0.05, 0) is 56.9 Å². The van der Waals surface area contributed by atoms with Gasteiger partial charge >= 0.3 is 6.09 Å². The van der Waals surface area contributed by atoms with Crippen molar-refractivity contribution in [3.8, 4) is 18.2 Å². The zero-order valence-corrected chi connectivity index (χ0v) is 22.3. The van der Waals surface area contributed by atoms with E-state index in [0.717, 1.165) is 37.0 Å². The SMILES string of the molecule is C#CN(C(=O)C(Cc1ccc(O)cc1)NC(=O)OC(C)(C)C)C(C(=O)NC1CCCCC1)c1ccccc1. The topological polar surface area (TPSA) is 108 Å². The van der Waals surface area contributed by atoms with Crippen molar-refractivity contribution in [2.75, 3.05) is 0 Å². The number of amides is 3. The first-order valence-corrected chi connectivity index (χ1v) is 13.0. The average molecular weight is 520 g/mol. The third-order valence-corrected chi connectivity index (χ3v) is 6.32. The number of phenols is 1. The Hall–Kier alpha value is -3.99. The number of benzene rings is 2. The van der Waals surface area contributed by atoms with Gasteiger partial charge in [0, 0.05) is 18.5 Å². The van der Waals surface area contributed by atoms with Crippen LogP contribution in [0.1, 0.15) is 70.0 Å². The van der Waals surface area contributed by atoms with Crippen LogP contribution < -0.4 is 10.6 Å². The largest absolute Gasteiger partial charge is 0.508 e. The minimum atomic E-state index is -1.13. The summed E-state index contributed by atoms with van der Waals surface area (Å²) in [7, 11) is 0. The van der Waals surface area contributed by atoms with Gasteiger partial charge in [-0.2, -0.15) is 0 Å². The Morgan fingerprint density at radius 2 is 1.68 bits per heavy atom. The van der Waals surface area contributed by atoms with Crippen molar-refractivity contribution in [1.29, 1.82) is 0 Å². The number of aromatic hydroxyl groups is 1. The van der Waals surface area contributed by atoms with Gasteiger partial charge in [0.2, 0.25) is 5.91 Å². The average Bonchev–Trinajstić information content (AvgIpc) is 2.87. The number of alkyl carbamates (subject to hydrolysis) is 1. The number of terminal acetylenes is 1. The van der Waals surface area contributed by atoms with E-state index in [-0.39, 0.29) is 24.1 Å². The van der Waals surface area contributed by atoms with Crippen molar-refractivity contribution in [1.82, 2.24) is 15.5 Å². The predicted octanol–water partition coefficient (Wildman–Crippen LogP) is 4.44. The van der Waals surface area contributed by atoms with Gasteiger partial charge in [-0.3, -0.25) is 14.5 Å². The van der Waals surface area contributed by atoms with E-state index in [1.807, 2.05) is 6.07 Å². The fourth-order valence-corrected chi connectivity index (χ4v) is 4.53. The molecule has 0 bridgehead atoms. The molecule has 202 valence electrons. The van der Waals surface area contributed by atoms with Crippen LogP contribution >= 0.6 is 0 Å². The smallest absolute Gasteiger partial charge is 0.408 e. The second-order valence-electron chi connectivity index (χ2n) is 10.6. The fourth-order valence-electron chi connectivity index (χ4n) is 4.53. The molecule has 0 heterocycles. The number of nitrogens with one attached hydrogen (secondary N) is 2. The van der Waals surface area contributed by atoms with Crippen LogP contribution in [0.15, 0.2) is 54.6 Å². The number of carbonyl (C=O) groups excluding carboxylic acids is 3. The Morgan fingerprint density at radius 1 is 1.05 bits per heavy atom. The highest BCUT2D eigenvalue weighted by molar-refractivity contribution is 5.93. The molecule has 38 heavy (non-hydrogen) atoms. The normalized spacial score (nSPS) is 15.4. The van der Waals surface area contributed by atoms with E-state index >= 15 is 0 Å². The molecule has 2 unspecified atom stereocenters. The molecule has 1 saturated carbocycles. The summed E-state index contributed by atoms with van der Waals surface area (Å²) in [5, 5.41) is 15.4. The lowest BCUT2D eigenvalue weighted by molar-refractivity contribution is -0.139. The third kappa shape index (κ3) is 8.27. The minimum absolute atomic E-state index is 0.0184. The van der Waals surface area contributed by atoms with Gasteiger partial charge < -0.3 is 20.5 Å². The molecule has 8 heteroatoms. The molecule has 1 fully saturated rings. The van der Waals surface area contributed by atoms with Crippen molar-refractivity contribution in [2.45, 2.75) is 83.0 Å². The van der Waals surface area contributed by atoms with Crippen LogP contribution in [0.25, 0.3) is 0 Å². The highest BCUT2D eigenvalue weighted by Gasteiger charge is 2.36. The Morgan fingerprint density at radius 3 is 2.26 bits per heavy atom. The van der Waals surface area contributed by atoms with E-state index < -0.39 is 29.7 Å². The second-order valence-corrected chi connectivity index (χ2v) is 10.6. The molecule has 3 rings (SSSR count). The van der Waals surface area contributed by atoms with Gasteiger partial charge in [-0.1, -0.05) is 68.2 Å². The van der Waals surface area contributed by atoms with Crippen molar-refractivity contribution in [3.05, 3.63) is 65.7 Å². The van der Waals surface area contributed by atoms with Gasteiger partial charge in [0.25, 0.3) is 5.91 Å². The van der Waals surface area contributed by atoms with Crippen molar-refractivity contribution < 1.29 is 24.2 Å². The summed E-state index contributed by atoms with van der Waals surface area (Å²) in [4.78, 5) is 41.3. The zero-order valence-electron chi connectivity index (χ0n) is 22.3. The van der Waals surface area contributed by atoms with Crippen LogP contribution in [0.3, 0.4) is 0 Å². The Bertz CT molecular complexity index is 1130. The lowest BCUT2D eigenvalue weighted by Gasteiger charge is -2.32. The maximum atomic E-state index is 13.9. The number of hydrogen-bond acceptors (Lipinski definition) is 5. The lowest BCUT2D eigenvalue weighted by atomic mass is 9.94. The van der Waals surface area contributed by atoms with Crippen LogP contribution in [0.2, 0.25) is 0 Å². The molecule has 3 amide bonds. The first-order chi connectivity index (χ1) is 18.1. The van der Waals surface area contributed by atoms with Crippen LogP contribution in [-0.4, -0.2) is 45.6 Å². The number of ether oxygens (including phenoxy) is 1. The standard InChI is InChI=1S/C30H37N3O5/c1-5-33(26(22-12-8-6-9-13-22)27(35)31-23-14-10-7-11-15-23)28(36)25(32-29(37)38-30(2,3)4)20-21-16-18-24(34)19-17-21/h1,6,8-9,12-13,16-19,23,25-26,34H,7,10-11,14-15,20H2,2-4H3,(H,31,35)(H,32,37). The van der Waals surface area contributed by atoms with Crippen molar-refractivity contribution in [2.24, 2.45) is 0 Å². The third-order valence-electron chi connectivity index (χ3n) is 6.32. The van der Waals surface area contributed by atoms with Gasteiger partial charge in [0.1, 0.15) is 23.4 Å². The summed E-state index contributed by atoms with van der Waals surface area (Å²) in [6, 6.07) is 15.4. The molecule has 1 aliphatic carbocycles. The van der Waals surface area contributed by atoms with E-state index in [1.165, 1.54) is 12.1 Å². The van der Waals surface area contributed by atoms with E-state index in [1.54, 1.807) is 57.2 Å². The van der Waals surface area contributed by atoms with Gasteiger partial charge in [0.15, 0.2) is 0 Å². The van der Waals surface area contributed by atoms with E-state index in [9.17, 15) is 19.5 Å². The number of carbonyl (C=O) groups is 3. The van der Waals surface area contributed by atoms with Crippen LogP contribution in [0.4, 0.5) is 4.79 Å². The monoisotopic (exact) mass is 519 g/mol. The number of rotatable bonds is 8. The van der Waals surface area contributed by atoms with E-state index in [2.05, 4.69) is 16.7 Å². The highest BCUT2D eigenvalue weighted by atomic mass is 16.6. The molecule has 8 nitrogen and oxygen atoms in total. The predicted molar refractivity (Wildman–Crippen MR) is 145 cm³/mol. The molecule has 2 aromatic carbocycles. The quantitative estimate of drug-likeness (QED) is 0.353. The molecule has 2 aromatic rings. The summed E-state index contributed by atoms with van der Waals surface area (Å²) < 4.78 is 5.39. The molecule has 1 aliphatic rings. The van der Waals surface area contributed by atoms with Crippen LogP contribution in [0, 0.1) is 12.5 Å². The maximum Gasteiger partial charge on any atom is 0.408 e. The summed E-state index contributed by atoms with van der Waals surface area (Å²) in [6.45, 7) is 5.16. The van der Waals surface area contributed by atoms with Crippen molar-refractivity contribution >= 4 is 17.9 Å². The first kappa shape index (κ1) is 28.6. The molecule has 0 aromatic heterocycles. The molecule has 3 N–H and O–H groups in total. The molecule has 0 radical (unpaired) electrons. The molecule has 2 atom stereocenters. The van der Waals surface area contributed by atoms with Crippen LogP contribution in [0.5, 0.6) is 5.75 Å². The molecular weight excluding hydrogens is 482 g/mol. The summed E-state index contributed by atoms with van der Waals surface area (Å²) in [5.41, 5.74) is 0.457. The Kier molecular flexibility index (Phi) is 9.78. The number of nitrogens with zero attached hydrogens (tertiary/aromatic N) is 1. The first-order valence-electron chi connectivity index (χ1n) is 13.0. The summed E-state index contributed by atoms with van der Waals surface area (Å²) >= 11 is 0. The molecule has 0 aliphatic heterocycles. The molecule has 0 saturated heterocycles. The van der Waals surface area contributed by atoms with E-state index in [4.69, 9.17) is 11.2 Å². The number of hydrogen-bond donors (Lipinski definition) is 3. The lowest BCUT2D eigenvalue weighted by Crippen LogP contribution is -2.53. The van der Waals surface area contributed by atoms with Crippen LogP contribution in [-0.2, 0) is 20.7 Å².